The topological polar surface area (TPSA) is 46.5 Å². The smallest absolute Gasteiger partial charge is 0.337 e. The molecule has 0 radical (unpaired) electrons. The lowest BCUT2D eigenvalue weighted by Gasteiger charge is -2.09. The molecule has 0 heterocycles. The highest BCUT2D eigenvalue weighted by Crippen LogP contribution is 2.30. The number of rotatable bonds is 7. The number of carboxylic acids is 1. The summed E-state index contributed by atoms with van der Waals surface area (Å²) in [7, 11) is 1.67. The van der Waals surface area contributed by atoms with Crippen molar-refractivity contribution in [3.8, 4) is 0 Å². The van der Waals surface area contributed by atoms with Crippen LogP contribution in [0.1, 0.15) is 16.8 Å². The normalized spacial score (nSPS) is 10.5. The predicted octanol–water partition coefficient (Wildman–Crippen LogP) is 3.24. The van der Waals surface area contributed by atoms with Gasteiger partial charge in [-0.05, 0) is 24.8 Å². The van der Waals surface area contributed by atoms with E-state index >= 15 is 0 Å². The Hall–Kier alpha value is -0.650. The van der Waals surface area contributed by atoms with Gasteiger partial charge in [-0.15, -0.1) is 23.5 Å². The van der Waals surface area contributed by atoms with E-state index in [1.807, 2.05) is 24.5 Å². The highest BCUT2D eigenvalue weighted by Gasteiger charge is 2.14. The van der Waals surface area contributed by atoms with Gasteiger partial charge in [0.1, 0.15) is 0 Å². The Kier molecular flexibility index (Phi) is 6.47. The zero-order valence-corrected chi connectivity index (χ0v) is 11.6. The van der Waals surface area contributed by atoms with Gasteiger partial charge in [-0.1, -0.05) is 6.07 Å². The number of hydrogen-bond acceptors (Lipinski definition) is 4. The molecule has 0 aliphatic heterocycles. The molecule has 0 bridgehead atoms. The van der Waals surface area contributed by atoms with E-state index in [9.17, 15) is 9.90 Å². The number of methoxy groups -OCH3 is 1. The summed E-state index contributed by atoms with van der Waals surface area (Å²) in [5.41, 5.74) is 0.419. The number of aromatic carboxylic acids is 1. The van der Waals surface area contributed by atoms with E-state index in [4.69, 9.17) is 4.74 Å². The van der Waals surface area contributed by atoms with Crippen LogP contribution in [0.25, 0.3) is 0 Å². The van der Waals surface area contributed by atoms with E-state index in [0.717, 1.165) is 22.0 Å². The number of thioether (sulfide) groups is 2. The summed E-state index contributed by atoms with van der Waals surface area (Å²) in [6.45, 7) is 0.706. The molecule has 1 aromatic rings. The number of benzene rings is 1. The van der Waals surface area contributed by atoms with Gasteiger partial charge in [-0.3, -0.25) is 0 Å². The molecule has 0 aromatic heterocycles. The van der Waals surface area contributed by atoms with Gasteiger partial charge in [-0.2, -0.15) is 0 Å². The van der Waals surface area contributed by atoms with Crippen LogP contribution in [0.4, 0.5) is 0 Å². The Morgan fingerprint density at radius 3 is 2.71 bits per heavy atom. The van der Waals surface area contributed by atoms with Crippen LogP contribution in [0.2, 0.25) is 0 Å². The van der Waals surface area contributed by atoms with Crippen molar-refractivity contribution in [3.63, 3.8) is 0 Å². The van der Waals surface area contributed by atoms with Crippen LogP contribution in [0.15, 0.2) is 28.0 Å². The fraction of sp³-hybridized carbons (Fsp3) is 0.417. The van der Waals surface area contributed by atoms with E-state index in [2.05, 4.69) is 0 Å². The van der Waals surface area contributed by atoms with Gasteiger partial charge in [0.2, 0.25) is 0 Å². The Morgan fingerprint density at radius 1 is 1.41 bits per heavy atom. The van der Waals surface area contributed by atoms with Crippen molar-refractivity contribution in [3.05, 3.63) is 23.8 Å². The fourth-order valence-corrected chi connectivity index (χ4v) is 3.08. The molecule has 0 saturated heterocycles. The molecule has 17 heavy (non-hydrogen) atoms. The number of carboxylic acid groups (broad SMARTS) is 1. The molecule has 0 amide bonds. The van der Waals surface area contributed by atoms with Crippen LogP contribution in [0, 0.1) is 0 Å². The molecule has 1 N–H and O–H groups in total. The largest absolute Gasteiger partial charge is 0.478 e. The molecule has 94 valence electrons. The van der Waals surface area contributed by atoms with Gasteiger partial charge in [0.25, 0.3) is 0 Å². The molecular formula is C12H16O3S2. The average Bonchev–Trinajstić information content (AvgIpc) is 2.33. The fourth-order valence-electron chi connectivity index (χ4n) is 1.40. The molecule has 0 saturated carbocycles. The minimum atomic E-state index is -0.857. The van der Waals surface area contributed by atoms with Gasteiger partial charge < -0.3 is 9.84 Å². The third-order valence-corrected chi connectivity index (χ3v) is 4.10. The summed E-state index contributed by atoms with van der Waals surface area (Å²) >= 11 is 3.03. The Morgan fingerprint density at radius 2 is 2.12 bits per heavy atom. The Bertz CT molecular complexity index is 380. The van der Waals surface area contributed by atoms with Gasteiger partial charge in [0, 0.05) is 29.3 Å². The van der Waals surface area contributed by atoms with E-state index in [1.165, 1.54) is 11.8 Å². The third-order valence-electron chi connectivity index (χ3n) is 2.17. The molecule has 5 heteroatoms. The van der Waals surface area contributed by atoms with Crippen LogP contribution in [-0.2, 0) is 4.74 Å². The van der Waals surface area contributed by atoms with Crippen LogP contribution in [-0.4, -0.2) is 36.8 Å². The first-order valence-corrected chi connectivity index (χ1v) is 7.43. The lowest BCUT2D eigenvalue weighted by Crippen LogP contribution is -2.02. The molecular weight excluding hydrogens is 256 g/mol. The second-order valence-electron chi connectivity index (χ2n) is 3.33. The monoisotopic (exact) mass is 272 g/mol. The Labute approximate surface area is 110 Å². The van der Waals surface area contributed by atoms with Crippen LogP contribution >= 0.6 is 23.5 Å². The lowest BCUT2D eigenvalue weighted by atomic mass is 10.2. The van der Waals surface area contributed by atoms with Crippen LogP contribution in [0.5, 0.6) is 0 Å². The first kappa shape index (κ1) is 14.4. The van der Waals surface area contributed by atoms with Crippen molar-refractivity contribution < 1.29 is 14.6 Å². The van der Waals surface area contributed by atoms with Crippen LogP contribution < -0.4 is 0 Å². The number of ether oxygens (including phenoxy) is 1. The SMILES string of the molecule is COCCCSc1cccc(SC)c1C(=O)O. The van der Waals surface area contributed by atoms with Crippen molar-refractivity contribution >= 4 is 29.5 Å². The molecule has 0 spiro atoms. The van der Waals surface area contributed by atoms with E-state index in [0.29, 0.717) is 12.2 Å². The summed E-state index contributed by atoms with van der Waals surface area (Å²) in [6, 6.07) is 5.60. The van der Waals surface area contributed by atoms with Crippen molar-refractivity contribution in [2.24, 2.45) is 0 Å². The maximum Gasteiger partial charge on any atom is 0.337 e. The number of hydrogen-bond donors (Lipinski definition) is 1. The summed E-state index contributed by atoms with van der Waals surface area (Å²) in [4.78, 5) is 12.9. The van der Waals surface area contributed by atoms with E-state index in [-0.39, 0.29) is 0 Å². The Balaban J connectivity index is 2.79. The first-order valence-electron chi connectivity index (χ1n) is 5.22. The summed E-state index contributed by atoms with van der Waals surface area (Å²) < 4.78 is 4.97. The van der Waals surface area contributed by atoms with Crippen molar-refractivity contribution in [1.82, 2.24) is 0 Å². The molecule has 0 fully saturated rings. The zero-order valence-electron chi connectivity index (χ0n) is 9.93. The maximum atomic E-state index is 11.2. The van der Waals surface area contributed by atoms with E-state index in [1.54, 1.807) is 18.9 Å². The summed E-state index contributed by atoms with van der Waals surface area (Å²) in [5.74, 6) is 0.00979. The van der Waals surface area contributed by atoms with Gasteiger partial charge in [-0.25, -0.2) is 4.79 Å². The standard InChI is InChI=1S/C12H16O3S2/c1-15-7-4-8-17-10-6-3-5-9(16-2)11(10)12(13)14/h3,5-6H,4,7-8H2,1-2H3,(H,13,14). The van der Waals surface area contributed by atoms with Crippen molar-refractivity contribution in [2.75, 3.05) is 25.7 Å². The lowest BCUT2D eigenvalue weighted by molar-refractivity contribution is 0.0689. The number of carbonyl (C=O) groups is 1. The highest BCUT2D eigenvalue weighted by atomic mass is 32.2. The minimum Gasteiger partial charge on any atom is -0.478 e. The second kappa shape index (κ2) is 7.63. The third kappa shape index (κ3) is 4.26. The van der Waals surface area contributed by atoms with Crippen molar-refractivity contribution in [2.45, 2.75) is 16.2 Å². The van der Waals surface area contributed by atoms with Gasteiger partial charge in [0.15, 0.2) is 0 Å². The molecule has 0 aliphatic carbocycles. The summed E-state index contributed by atoms with van der Waals surface area (Å²) in [5, 5.41) is 9.23. The van der Waals surface area contributed by atoms with Gasteiger partial charge in [0.05, 0.1) is 5.56 Å². The molecule has 1 aromatic carbocycles. The molecule has 0 aliphatic rings. The molecule has 1 rings (SSSR count). The first-order chi connectivity index (χ1) is 8.20. The van der Waals surface area contributed by atoms with Crippen LogP contribution in [0.3, 0.4) is 0 Å². The van der Waals surface area contributed by atoms with Crippen molar-refractivity contribution in [1.29, 1.82) is 0 Å². The summed E-state index contributed by atoms with van der Waals surface area (Å²) in [6.07, 6.45) is 2.81. The van der Waals surface area contributed by atoms with E-state index < -0.39 is 5.97 Å². The minimum absolute atomic E-state index is 0.419. The average molecular weight is 272 g/mol. The highest BCUT2D eigenvalue weighted by molar-refractivity contribution is 8.00. The quantitative estimate of drug-likeness (QED) is 0.610. The van der Waals surface area contributed by atoms with Gasteiger partial charge >= 0.3 is 5.97 Å². The predicted molar refractivity (Wildman–Crippen MR) is 72.4 cm³/mol. The maximum absolute atomic E-state index is 11.2. The molecule has 0 unspecified atom stereocenters. The second-order valence-corrected chi connectivity index (χ2v) is 5.32. The molecule has 0 atom stereocenters. The zero-order chi connectivity index (χ0) is 12.7. The molecule has 3 nitrogen and oxygen atoms in total.